The Balaban J connectivity index is 0.850. The molecule has 1 unspecified atom stereocenters. The third-order valence-electron chi connectivity index (χ3n) is 9.37. The maximum absolute atomic E-state index is 12.7. The van der Waals surface area contributed by atoms with Crippen LogP contribution in [-0.2, 0) is 16.0 Å². The zero-order chi connectivity index (χ0) is 36.3. The van der Waals surface area contributed by atoms with E-state index >= 15 is 0 Å². The molecule has 270 valence electrons. The summed E-state index contributed by atoms with van der Waals surface area (Å²) in [6.07, 6.45) is 2.34. The Morgan fingerprint density at radius 2 is 1.63 bits per heavy atom. The quantitative estimate of drug-likeness (QED) is 0.0748. The second-order valence-electron chi connectivity index (χ2n) is 13.1. The molecule has 1 fully saturated rings. The first kappa shape index (κ1) is 36.3. The van der Waals surface area contributed by atoms with Gasteiger partial charge in [0.15, 0.2) is 0 Å². The van der Waals surface area contributed by atoms with Gasteiger partial charge in [-0.3, -0.25) is 14.9 Å². The fraction of sp³-hybridized carbons (Fsp3) is 0.293. The van der Waals surface area contributed by atoms with Crippen molar-refractivity contribution in [1.82, 2.24) is 15.2 Å². The third kappa shape index (κ3) is 9.85. The highest BCUT2D eigenvalue weighted by Gasteiger charge is 2.23. The van der Waals surface area contributed by atoms with Crippen LogP contribution in [0.1, 0.15) is 42.9 Å². The van der Waals surface area contributed by atoms with Gasteiger partial charge in [0.2, 0.25) is 11.5 Å². The van der Waals surface area contributed by atoms with Crippen LogP contribution in [0.3, 0.4) is 0 Å². The number of amides is 2. The topological polar surface area (TPSA) is 156 Å². The Kier molecular flexibility index (Phi) is 12.3. The van der Waals surface area contributed by atoms with Crippen LogP contribution < -0.4 is 21.5 Å². The number of hydrogen-bond donors (Lipinski definition) is 6. The molecule has 1 aromatic heterocycles. The number of phenolic OH excluding ortho intramolecular Hbond substituents is 1. The first-order valence-electron chi connectivity index (χ1n) is 17.8. The average molecular weight is 704 g/mol. The summed E-state index contributed by atoms with van der Waals surface area (Å²) in [6.45, 7) is 3.30. The van der Waals surface area contributed by atoms with Crippen LogP contribution >= 0.6 is 0 Å². The van der Waals surface area contributed by atoms with Gasteiger partial charge in [-0.2, -0.15) is 0 Å². The van der Waals surface area contributed by atoms with Crippen molar-refractivity contribution in [2.75, 3.05) is 43.4 Å². The highest BCUT2D eigenvalue weighted by Crippen LogP contribution is 2.29. The van der Waals surface area contributed by atoms with Crippen LogP contribution in [-0.4, -0.2) is 70.9 Å². The number of rotatable bonds is 14. The van der Waals surface area contributed by atoms with Crippen molar-refractivity contribution in [1.29, 1.82) is 0 Å². The van der Waals surface area contributed by atoms with Gasteiger partial charge in [-0.1, -0.05) is 66.7 Å². The van der Waals surface area contributed by atoms with Crippen molar-refractivity contribution in [3.63, 3.8) is 0 Å². The molecule has 2 amide bonds. The van der Waals surface area contributed by atoms with Crippen molar-refractivity contribution in [2.45, 2.75) is 44.3 Å². The standard InChI is InChI=1S/C41H45N5O6/c47-36-18-16-33(34-17-19-38(49)45-40(34)36)37(48)27-42-23-20-39(50)43-30-14-12-28(13-15-30)7-6-24-46-25-21-31(22-26-46)52-41(51)44-35-11-5-4-10-32(35)29-8-2-1-3-9-29/h1-5,8-19,31,37,42,47-48H,6-7,20-27H2,(H,43,50)(H,44,51)(H,45,49). The molecule has 0 bridgehead atoms. The number of nitrogens with zero attached hydrogens (tertiary/aromatic N) is 1. The summed E-state index contributed by atoms with van der Waals surface area (Å²) in [5, 5.41) is 30.3. The molecule has 1 atom stereocenters. The number of nitrogens with one attached hydrogen (secondary N) is 4. The third-order valence-corrected chi connectivity index (χ3v) is 9.37. The second-order valence-corrected chi connectivity index (χ2v) is 13.1. The Morgan fingerprint density at radius 1 is 0.885 bits per heavy atom. The smallest absolute Gasteiger partial charge is 0.411 e. The van der Waals surface area contributed by atoms with E-state index in [0.717, 1.165) is 67.8 Å². The molecule has 0 aliphatic carbocycles. The molecule has 0 radical (unpaired) electrons. The van der Waals surface area contributed by atoms with E-state index in [1.165, 1.54) is 17.7 Å². The van der Waals surface area contributed by atoms with E-state index in [9.17, 15) is 24.6 Å². The largest absolute Gasteiger partial charge is 0.506 e. The van der Waals surface area contributed by atoms with Gasteiger partial charge >= 0.3 is 6.09 Å². The molecule has 0 spiro atoms. The lowest BCUT2D eigenvalue weighted by molar-refractivity contribution is -0.116. The first-order chi connectivity index (χ1) is 25.3. The summed E-state index contributed by atoms with van der Waals surface area (Å²) < 4.78 is 5.78. The van der Waals surface area contributed by atoms with Crippen LogP contribution in [0.5, 0.6) is 5.75 Å². The van der Waals surface area contributed by atoms with Gasteiger partial charge in [-0.15, -0.1) is 0 Å². The lowest BCUT2D eigenvalue weighted by atomic mass is 10.0. The van der Waals surface area contributed by atoms with E-state index in [4.69, 9.17) is 4.74 Å². The SMILES string of the molecule is O=C(CCNCC(O)c1ccc(O)c2[nH]c(=O)ccc12)Nc1ccc(CCCN2CCC(OC(=O)Nc3ccccc3-c3ccccc3)CC2)cc1. The molecule has 6 N–H and O–H groups in total. The van der Waals surface area contributed by atoms with Crippen LogP contribution in [0.15, 0.2) is 108 Å². The predicted molar refractivity (Wildman–Crippen MR) is 204 cm³/mol. The minimum atomic E-state index is -0.890. The van der Waals surface area contributed by atoms with Crippen LogP contribution in [0.25, 0.3) is 22.0 Å². The molecule has 1 aliphatic rings. The number of para-hydroxylation sites is 1. The second kappa shape index (κ2) is 17.6. The van der Waals surface area contributed by atoms with E-state index in [-0.39, 0.29) is 41.8 Å². The molecule has 0 saturated carbocycles. The fourth-order valence-corrected chi connectivity index (χ4v) is 6.59. The Labute approximate surface area is 302 Å². The Bertz CT molecular complexity index is 2010. The zero-order valence-electron chi connectivity index (χ0n) is 29.0. The van der Waals surface area contributed by atoms with Gasteiger partial charge in [-0.25, -0.2) is 4.79 Å². The fourth-order valence-electron chi connectivity index (χ4n) is 6.59. The molecule has 4 aromatic carbocycles. The number of aryl methyl sites for hydroxylation is 1. The lowest BCUT2D eigenvalue weighted by Crippen LogP contribution is -2.39. The number of aromatic amines is 1. The number of pyridine rings is 1. The number of hydrogen-bond acceptors (Lipinski definition) is 8. The molecule has 52 heavy (non-hydrogen) atoms. The van der Waals surface area contributed by atoms with Crippen LogP contribution in [0.2, 0.25) is 0 Å². The van der Waals surface area contributed by atoms with E-state index < -0.39 is 12.2 Å². The van der Waals surface area contributed by atoms with Crippen molar-refractivity contribution in [3.05, 3.63) is 125 Å². The molecule has 1 saturated heterocycles. The number of carbonyl (C=O) groups excluding carboxylic acids is 2. The van der Waals surface area contributed by atoms with Gasteiger partial charge in [-0.05, 0) is 79.3 Å². The molecular weight excluding hydrogens is 658 g/mol. The highest BCUT2D eigenvalue weighted by atomic mass is 16.6. The number of aromatic nitrogens is 1. The summed E-state index contributed by atoms with van der Waals surface area (Å²) in [5.41, 5.74) is 5.16. The van der Waals surface area contributed by atoms with Gasteiger partial charge in [0.05, 0.1) is 17.3 Å². The van der Waals surface area contributed by atoms with E-state index in [0.29, 0.717) is 17.5 Å². The average Bonchev–Trinajstić information content (AvgIpc) is 3.15. The minimum Gasteiger partial charge on any atom is -0.506 e. The van der Waals surface area contributed by atoms with Gasteiger partial charge in [0.1, 0.15) is 11.9 Å². The number of aromatic hydroxyl groups is 1. The van der Waals surface area contributed by atoms with Crippen molar-refractivity contribution in [2.24, 2.45) is 0 Å². The van der Waals surface area contributed by atoms with Crippen molar-refractivity contribution in [3.8, 4) is 16.9 Å². The molecule has 6 rings (SSSR count). The van der Waals surface area contributed by atoms with E-state index in [1.807, 2.05) is 78.9 Å². The van der Waals surface area contributed by atoms with E-state index in [1.54, 1.807) is 12.1 Å². The summed E-state index contributed by atoms with van der Waals surface area (Å²) in [5.74, 6) is -0.199. The normalized spacial score (nSPS) is 14.2. The summed E-state index contributed by atoms with van der Waals surface area (Å²) in [4.78, 5) is 41.9. The molecular formula is C41H45N5O6. The number of fused-ring (bicyclic) bond motifs is 1. The number of aliphatic hydroxyl groups excluding tert-OH is 1. The number of phenols is 1. The number of aliphatic hydroxyl groups is 1. The number of likely N-dealkylation sites (tertiary alicyclic amines) is 1. The van der Waals surface area contributed by atoms with Crippen molar-refractivity contribution < 1.29 is 24.5 Å². The van der Waals surface area contributed by atoms with Gasteiger partial charge in [0.25, 0.3) is 0 Å². The van der Waals surface area contributed by atoms with Crippen molar-refractivity contribution >= 4 is 34.3 Å². The van der Waals surface area contributed by atoms with Gasteiger partial charge in [0, 0.05) is 55.3 Å². The summed E-state index contributed by atoms with van der Waals surface area (Å²) in [7, 11) is 0. The van der Waals surface area contributed by atoms with Crippen LogP contribution in [0, 0.1) is 0 Å². The lowest BCUT2D eigenvalue weighted by Gasteiger charge is -2.31. The Morgan fingerprint density at radius 3 is 2.42 bits per heavy atom. The number of benzene rings is 4. The highest BCUT2D eigenvalue weighted by molar-refractivity contribution is 5.92. The number of carbonyl (C=O) groups is 2. The number of piperidine rings is 1. The summed E-state index contributed by atoms with van der Waals surface area (Å²) >= 11 is 0. The molecule has 5 aromatic rings. The molecule has 11 nitrogen and oxygen atoms in total. The van der Waals surface area contributed by atoms with E-state index in [2.05, 4.69) is 25.8 Å². The monoisotopic (exact) mass is 703 g/mol. The minimum absolute atomic E-state index is 0.0640. The van der Waals surface area contributed by atoms with Crippen LogP contribution in [0.4, 0.5) is 16.2 Å². The maximum Gasteiger partial charge on any atom is 0.411 e. The first-order valence-corrected chi connectivity index (χ1v) is 17.8. The number of ether oxygens (including phenoxy) is 1. The zero-order valence-corrected chi connectivity index (χ0v) is 29.0. The number of H-pyrrole nitrogens is 1. The Hall–Kier alpha value is -5.49. The molecule has 2 heterocycles. The number of anilines is 2. The maximum atomic E-state index is 12.7. The molecule has 1 aliphatic heterocycles. The van der Waals surface area contributed by atoms with Gasteiger partial charge < -0.3 is 35.5 Å². The predicted octanol–water partition coefficient (Wildman–Crippen LogP) is 6.20. The summed E-state index contributed by atoms with van der Waals surface area (Å²) in [6, 6.07) is 31.6. The molecule has 11 heteroatoms.